The lowest BCUT2D eigenvalue weighted by molar-refractivity contribution is 0.0945. The molecule has 0 aliphatic rings. The maximum Gasteiger partial charge on any atom is 0.271 e. The topological polar surface area (TPSA) is 83.0 Å². The van der Waals surface area contributed by atoms with E-state index in [1.807, 2.05) is 49.3 Å². The van der Waals surface area contributed by atoms with Gasteiger partial charge >= 0.3 is 0 Å². The number of para-hydroxylation sites is 1. The fraction of sp³-hybridized carbons (Fsp3) is 0.222. The first-order chi connectivity index (χ1) is 12.1. The zero-order valence-electron chi connectivity index (χ0n) is 14.2. The Labute approximate surface area is 146 Å². The smallest absolute Gasteiger partial charge is 0.271 e. The zero-order chi connectivity index (χ0) is 17.6. The number of pyridine rings is 1. The maximum atomic E-state index is 12.0. The van der Waals surface area contributed by atoms with Crippen molar-refractivity contribution in [1.29, 1.82) is 0 Å². The van der Waals surface area contributed by atoms with Gasteiger partial charge in [0.25, 0.3) is 5.91 Å². The molecule has 0 spiro atoms. The SMILES string of the molecule is CN(C)CCNC(=O)c1ccc(Nc2cccc3cccnc23)nn1. The summed E-state index contributed by atoms with van der Waals surface area (Å²) in [4.78, 5) is 18.4. The third-order valence-corrected chi connectivity index (χ3v) is 3.64. The molecule has 0 saturated heterocycles. The number of anilines is 2. The van der Waals surface area contributed by atoms with Crippen molar-refractivity contribution in [3.63, 3.8) is 0 Å². The fourth-order valence-corrected chi connectivity index (χ4v) is 2.35. The number of carbonyl (C=O) groups is 1. The molecule has 0 aliphatic carbocycles. The van der Waals surface area contributed by atoms with Crippen LogP contribution < -0.4 is 10.6 Å². The zero-order valence-corrected chi connectivity index (χ0v) is 14.2. The fourth-order valence-electron chi connectivity index (χ4n) is 2.35. The summed E-state index contributed by atoms with van der Waals surface area (Å²) in [5.74, 6) is 0.329. The molecule has 2 aromatic heterocycles. The summed E-state index contributed by atoms with van der Waals surface area (Å²) in [5.41, 5.74) is 1.99. The largest absolute Gasteiger partial charge is 0.349 e. The van der Waals surface area contributed by atoms with Crippen molar-refractivity contribution in [3.8, 4) is 0 Å². The Morgan fingerprint density at radius 2 is 1.92 bits per heavy atom. The molecule has 0 bridgehead atoms. The summed E-state index contributed by atoms with van der Waals surface area (Å²) >= 11 is 0. The number of fused-ring (bicyclic) bond motifs is 1. The van der Waals surface area contributed by atoms with E-state index >= 15 is 0 Å². The molecule has 7 heteroatoms. The van der Waals surface area contributed by atoms with Crippen molar-refractivity contribution >= 4 is 28.3 Å². The van der Waals surface area contributed by atoms with Crippen molar-refractivity contribution in [3.05, 3.63) is 54.4 Å². The van der Waals surface area contributed by atoms with Gasteiger partial charge in [-0.2, -0.15) is 0 Å². The van der Waals surface area contributed by atoms with Crippen LogP contribution in [0.4, 0.5) is 11.5 Å². The highest BCUT2D eigenvalue weighted by Gasteiger charge is 2.09. The first kappa shape index (κ1) is 16.8. The van der Waals surface area contributed by atoms with Crippen LogP contribution in [0, 0.1) is 0 Å². The Bertz CT molecular complexity index is 858. The Kier molecular flexibility index (Phi) is 5.15. The third kappa shape index (κ3) is 4.27. The number of nitrogens with zero attached hydrogens (tertiary/aromatic N) is 4. The Morgan fingerprint density at radius 3 is 2.68 bits per heavy atom. The molecule has 0 radical (unpaired) electrons. The molecule has 3 rings (SSSR count). The van der Waals surface area contributed by atoms with Gasteiger partial charge in [-0.1, -0.05) is 18.2 Å². The number of nitrogens with one attached hydrogen (secondary N) is 2. The second-order valence-corrected chi connectivity index (χ2v) is 5.87. The second-order valence-electron chi connectivity index (χ2n) is 5.87. The first-order valence-electron chi connectivity index (χ1n) is 8.01. The van der Waals surface area contributed by atoms with E-state index in [9.17, 15) is 4.79 Å². The van der Waals surface area contributed by atoms with E-state index in [2.05, 4.69) is 25.8 Å². The van der Waals surface area contributed by atoms with Crippen molar-refractivity contribution in [2.24, 2.45) is 0 Å². The van der Waals surface area contributed by atoms with Crippen LogP contribution in [0.2, 0.25) is 0 Å². The van der Waals surface area contributed by atoms with Gasteiger partial charge in [0.05, 0.1) is 11.2 Å². The van der Waals surface area contributed by atoms with Crippen molar-refractivity contribution in [2.75, 3.05) is 32.5 Å². The van der Waals surface area contributed by atoms with Crippen LogP contribution in [0.5, 0.6) is 0 Å². The summed E-state index contributed by atoms with van der Waals surface area (Å²) in [5, 5.41) is 15.1. The summed E-state index contributed by atoms with van der Waals surface area (Å²) in [6.07, 6.45) is 1.75. The number of hydrogen-bond donors (Lipinski definition) is 2. The van der Waals surface area contributed by atoms with Gasteiger partial charge in [0.1, 0.15) is 0 Å². The Morgan fingerprint density at radius 1 is 1.08 bits per heavy atom. The van der Waals surface area contributed by atoms with Crippen molar-refractivity contribution < 1.29 is 4.79 Å². The summed E-state index contributed by atoms with van der Waals surface area (Å²) in [6.45, 7) is 1.34. The molecule has 25 heavy (non-hydrogen) atoms. The first-order valence-corrected chi connectivity index (χ1v) is 8.01. The molecule has 0 fully saturated rings. The van der Waals surface area contributed by atoms with E-state index in [-0.39, 0.29) is 5.91 Å². The summed E-state index contributed by atoms with van der Waals surface area (Å²) in [7, 11) is 3.91. The quantitative estimate of drug-likeness (QED) is 0.717. The molecule has 0 unspecified atom stereocenters. The maximum absolute atomic E-state index is 12.0. The predicted octanol–water partition coefficient (Wildman–Crippen LogP) is 2.06. The van der Waals surface area contributed by atoms with E-state index in [4.69, 9.17) is 0 Å². The molecule has 0 atom stereocenters. The molecule has 3 aromatic rings. The molecule has 1 aromatic carbocycles. The average molecular weight is 336 g/mol. The van der Waals surface area contributed by atoms with Crippen LogP contribution in [-0.4, -0.2) is 53.2 Å². The van der Waals surface area contributed by atoms with E-state index in [1.165, 1.54) is 0 Å². The highest BCUT2D eigenvalue weighted by Crippen LogP contribution is 2.23. The van der Waals surface area contributed by atoms with E-state index < -0.39 is 0 Å². The third-order valence-electron chi connectivity index (χ3n) is 3.64. The Balaban J connectivity index is 1.69. The molecule has 1 amide bonds. The summed E-state index contributed by atoms with van der Waals surface area (Å²) < 4.78 is 0. The number of amides is 1. The minimum atomic E-state index is -0.229. The molecule has 7 nitrogen and oxygen atoms in total. The molecular weight excluding hydrogens is 316 g/mol. The van der Waals surface area contributed by atoms with Crippen LogP contribution >= 0.6 is 0 Å². The summed E-state index contributed by atoms with van der Waals surface area (Å²) in [6, 6.07) is 13.2. The number of benzene rings is 1. The number of carbonyl (C=O) groups excluding carboxylic acids is 1. The Hall–Kier alpha value is -3.06. The minimum absolute atomic E-state index is 0.229. The van der Waals surface area contributed by atoms with Gasteiger partial charge in [-0.05, 0) is 38.4 Å². The lowest BCUT2D eigenvalue weighted by atomic mass is 10.2. The highest BCUT2D eigenvalue weighted by atomic mass is 16.1. The number of aromatic nitrogens is 3. The van der Waals surface area contributed by atoms with Crippen LogP contribution in [-0.2, 0) is 0 Å². The van der Waals surface area contributed by atoms with Gasteiger partial charge in [-0.3, -0.25) is 9.78 Å². The van der Waals surface area contributed by atoms with E-state index in [1.54, 1.807) is 18.3 Å². The molecule has 2 heterocycles. The second kappa shape index (κ2) is 7.67. The standard InChI is InChI=1S/C18H20N6O/c1-24(2)12-11-20-18(25)15-8-9-16(23-22-15)21-14-7-3-5-13-6-4-10-19-17(13)14/h3-10H,11-12H2,1-2H3,(H,20,25)(H,21,23). The van der Waals surface area contributed by atoms with Crippen molar-refractivity contribution in [2.45, 2.75) is 0 Å². The molecule has 2 N–H and O–H groups in total. The van der Waals surface area contributed by atoms with Crippen LogP contribution in [0.15, 0.2) is 48.7 Å². The van der Waals surface area contributed by atoms with Gasteiger partial charge in [-0.15, -0.1) is 10.2 Å². The highest BCUT2D eigenvalue weighted by molar-refractivity contribution is 5.93. The average Bonchev–Trinajstić information content (AvgIpc) is 2.62. The monoisotopic (exact) mass is 336 g/mol. The number of rotatable bonds is 6. The van der Waals surface area contributed by atoms with Crippen LogP contribution in [0.1, 0.15) is 10.5 Å². The molecule has 128 valence electrons. The van der Waals surface area contributed by atoms with Gasteiger partial charge in [0.15, 0.2) is 11.5 Å². The van der Waals surface area contributed by atoms with Crippen molar-refractivity contribution in [1.82, 2.24) is 25.4 Å². The lowest BCUT2D eigenvalue weighted by Gasteiger charge is -2.10. The van der Waals surface area contributed by atoms with Gasteiger partial charge in [-0.25, -0.2) is 0 Å². The molecular formula is C18H20N6O. The van der Waals surface area contributed by atoms with Gasteiger partial charge in [0, 0.05) is 24.7 Å². The van der Waals surface area contributed by atoms with E-state index in [0.717, 1.165) is 23.1 Å². The van der Waals surface area contributed by atoms with Crippen LogP contribution in [0.3, 0.4) is 0 Å². The van der Waals surface area contributed by atoms with Gasteiger partial charge in [0.2, 0.25) is 0 Å². The van der Waals surface area contributed by atoms with Crippen LogP contribution in [0.25, 0.3) is 10.9 Å². The van der Waals surface area contributed by atoms with E-state index in [0.29, 0.717) is 18.1 Å². The predicted molar refractivity (Wildman–Crippen MR) is 97.9 cm³/mol. The normalized spacial score (nSPS) is 10.8. The molecule has 0 aliphatic heterocycles. The molecule has 0 saturated carbocycles. The number of likely N-dealkylation sites (N-methyl/N-ethyl adjacent to an activating group) is 1. The lowest BCUT2D eigenvalue weighted by Crippen LogP contribution is -2.31. The van der Waals surface area contributed by atoms with Gasteiger partial charge < -0.3 is 15.5 Å². The number of hydrogen-bond acceptors (Lipinski definition) is 6. The minimum Gasteiger partial charge on any atom is -0.349 e.